The minimum Gasteiger partial charge on any atom is -0.495 e. The van der Waals surface area contributed by atoms with Crippen molar-refractivity contribution < 1.29 is 17.9 Å². The second-order valence-electron chi connectivity index (χ2n) is 7.03. The van der Waals surface area contributed by atoms with Crippen molar-refractivity contribution in [2.45, 2.75) is 38.1 Å². The maximum atomic E-state index is 13.2. The number of rotatable bonds is 6. The van der Waals surface area contributed by atoms with Gasteiger partial charge < -0.3 is 9.64 Å². The fraction of sp³-hybridized carbons (Fsp3) is 0.381. The van der Waals surface area contributed by atoms with Gasteiger partial charge in [0.1, 0.15) is 10.6 Å². The molecule has 0 fully saturated rings. The van der Waals surface area contributed by atoms with E-state index >= 15 is 0 Å². The van der Waals surface area contributed by atoms with E-state index in [4.69, 9.17) is 4.74 Å². The maximum absolute atomic E-state index is 13.2. The van der Waals surface area contributed by atoms with Crippen LogP contribution >= 0.6 is 0 Å². The van der Waals surface area contributed by atoms with Gasteiger partial charge in [0.05, 0.1) is 13.7 Å². The first kappa shape index (κ1) is 20.4. The SMILES string of the molecule is CCN(CC(=O)N1c2ccccc2C[C@H]1C)S(=O)(=O)c1cc(C)ccc1OC. The molecule has 2 aromatic rings. The molecule has 7 heteroatoms. The number of methoxy groups -OCH3 is 1. The second-order valence-corrected chi connectivity index (χ2v) is 8.94. The van der Waals surface area contributed by atoms with Crippen LogP contribution in [0, 0.1) is 6.92 Å². The van der Waals surface area contributed by atoms with Crippen molar-refractivity contribution in [3.8, 4) is 5.75 Å². The van der Waals surface area contributed by atoms with Gasteiger partial charge in [0.25, 0.3) is 0 Å². The smallest absolute Gasteiger partial charge is 0.247 e. The molecule has 1 amide bonds. The monoisotopic (exact) mass is 402 g/mol. The van der Waals surface area contributed by atoms with Crippen LogP contribution < -0.4 is 9.64 Å². The van der Waals surface area contributed by atoms with Crippen LogP contribution in [-0.2, 0) is 21.2 Å². The second kappa shape index (κ2) is 7.93. The highest BCUT2D eigenvalue weighted by atomic mass is 32.2. The van der Waals surface area contributed by atoms with Crippen LogP contribution in [0.15, 0.2) is 47.4 Å². The van der Waals surface area contributed by atoms with Gasteiger partial charge in [-0.25, -0.2) is 8.42 Å². The molecule has 0 bridgehead atoms. The molecular weight excluding hydrogens is 376 g/mol. The van der Waals surface area contributed by atoms with Crippen LogP contribution in [0.2, 0.25) is 0 Å². The van der Waals surface area contributed by atoms with Gasteiger partial charge in [-0.1, -0.05) is 31.2 Å². The van der Waals surface area contributed by atoms with E-state index in [9.17, 15) is 13.2 Å². The zero-order valence-corrected chi connectivity index (χ0v) is 17.5. The molecule has 28 heavy (non-hydrogen) atoms. The van der Waals surface area contributed by atoms with Crippen molar-refractivity contribution in [1.82, 2.24) is 4.31 Å². The summed E-state index contributed by atoms with van der Waals surface area (Å²) in [7, 11) is -2.44. The van der Waals surface area contributed by atoms with Gasteiger partial charge >= 0.3 is 0 Å². The number of carbonyl (C=O) groups is 1. The molecule has 0 aliphatic carbocycles. The van der Waals surface area contributed by atoms with Crippen molar-refractivity contribution in [2.24, 2.45) is 0 Å². The molecular formula is C21H26N2O4S. The Bertz CT molecular complexity index is 988. The number of anilines is 1. The molecule has 0 radical (unpaired) electrons. The first-order valence-corrected chi connectivity index (χ1v) is 10.8. The minimum absolute atomic E-state index is 0.000170. The van der Waals surface area contributed by atoms with Crippen LogP contribution in [0.25, 0.3) is 0 Å². The average Bonchev–Trinajstić information content (AvgIpc) is 3.01. The fourth-order valence-corrected chi connectivity index (χ4v) is 5.30. The minimum atomic E-state index is -3.88. The van der Waals surface area contributed by atoms with Gasteiger partial charge in [0.15, 0.2) is 0 Å². The normalized spacial score (nSPS) is 16.3. The molecule has 0 unspecified atom stereocenters. The quantitative estimate of drug-likeness (QED) is 0.745. The number of nitrogens with zero attached hydrogens (tertiary/aromatic N) is 2. The zero-order chi connectivity index (χ0) is 20.5. The summed E-state index contributed by atoms with van der Waals surface area (Å²) < 4.78 is 33.0. The fourth-order valence-electron chi connectivity index (χ4n) is 3.66. The van der Waals surface area contributed by atoms with E-state index < -0.39 is 10.0 Å². The van der Waals surface area contributed by atoms with Crippen molar-refractivity contribution in [3.63, 3.8) is 0 Å². The van der Waals surface area contributed by atoms with E-state index in [1.165, 1.54) is 11.4 Å². The van der Waals surface area contributed by atoms with Gasteiger partial charge in [-0.05, 0) is 49.6 Å². The molecule has 0 aromatic heterocycles. The largest absolute Gasteiger partial charge is 0.495 e. The van der Waals surface area contributed by atoms with Crippen LogP contribution in [0.1, 0.15) is 25.0 Å². The molecule has 6 nitrogen and oxygen atoms in total. The number of hydrogen-bond acceptors (Lipinski definition) is 4. The standard InChI is InChI=1S/C21H26N2O4S/c1-5-22(28(25,26)20-12-15(2)10-11-19(20)27-4)14-21(24)23-16(3)13-17-8-6-7-9-18(17)23/h6-12,16H,5,13-14H2,1-4H3/t16-/m1/s1. The predicted molar refractivity (Wildman–Crippen MR) is 109 cm³/mol. The predicted octanol–water partition coefficient (Wildman–Crippen LogP) is 2.99. The van der Waals surface area contributed by atoms with Crippen LogP contribution in [-0.4, -0.2) is 44.9 Å². The summed E-state index contributed by atoms with van der Waals surface area (Å²) >= 11 is 0. The topological polar surface area (TPSA) is 66.9 Å². The number of fused-ring (bicyclic) bond motifs is 1. The molecule has 1 atom stereocenters. The molecule has 0 spiro atoms. The maximum Gasteiger partial charge on any atom is 0.247 e. The van der Waals surface area contributed by atoms with E-state index in [1.807, 2.05) is 38.1 Å². The Morgan fingerprint density at radius 3 is 2.64 bits per heavy atom. The lowest BCUT2D eigenvalue weighted by atomic mass is 10.1. The van der Waals surface area contributed by atoms with Gasteiger partial charge in [-0.2, -0.15) is 4.31 Å². The van der Waals surface area contributed by atoms with E-state index in [0.29, 0.717) is 0 Å². The highest BCUT2D eigenvalue weighted by molar-refractivity contribution is 7.89. The van der Waals surface area contributed by atoms with Crippen LogP contribution in [0.5, 0.6) is 5.75 Å². The summed E-state index contributed by atoms with van der Waals surface area (Å²) in [6, 6.07) is 12.8. The van der Waals surface area contributed by atoms with Crippen molar-refractivity contribution >= 4 is 21.6 Å². The number of likely N-dealkylation sites (N-methyl/N-ethyl adjacent to an activating group) is 1. The van der Waals surface area contributed by atoms with Crippen LogP contribution in [0.3, 0.4) is 0 Å². The number of aryl methyl sites for hydroxylation is 1. The van der Waals surface area contributed by atoms with Gasteiger partial charge in [-0.3, -0.25) is 4.79 Å². The molecule has 1 aliphatic rings. The summed E-state index contributed by atoms with van der Waals surface area (Å²) in [6.45, 7) is 5.51. The summed E-state index contributed by atoms with van der Waals surface area (Å²) in [5, 5.41) is 0. The third-order valence-corrected chi connectivity index (χ3v) is 7.02. The Morgan fingerprint density at radius 1 is 1.25 bits per heavy atom. The Morgan fingerprint density at radius 2 is 1.96 bits per heavy atom. The van der Waals surface area contributed by atoms with Crippen LogP contribution in [0.4, 0.5) is 5.69 Å². The Kier molecular flexibility index (Phi) is 5.76. The van der Waals surface area contributed by atoms with Gasteiger partial charge in [-0.15, -0.1) is 0 Å². The lowest BCUT2D eigenvalue weighted by Gasteiger charge is -2.27. The van der Waals surface area contributed by atoms with E-state index in [0.717, 1.165) is 23.2 Å². The van der Waals surface area contributed by atoms with Gasteiger partial charge in [0, 0.05) is 18.3 Å². The molecule has 2 aromatic carbocycles. The Labute approximate surface area is 166 Å². The highest BCUT2D eigenvalue weighted by Crippen LogP contribution is 2.33. The Hall–Kier alpha value is -2.38. The zero-order valence-electron chi connectivity index (χ0n) is 16.7. The third kappa shape index (κ3) is 3.64. The first-order valence-electron chi connectivity index (χ1n) is 9.34. The number of ether oxygens (including phenoxy) is 1. The lowest BCUT2D eigenvalue weighted by Crippen LogP contribution is -2.45. The van der Waals surface area contributed by atoms with Crippen molar-refractivity contribution in [2.75, 3.05) is 25.1 Å². The number of hydrogen-bond donors (Lipinski definition) is 0. The Balaban J connectivity index is 1.90. The molecule has 1 heterocycles. The molecule has 0 saturated heterocycles. The number of sulfonamides is 1. The van der Waals surface area contributed by atoms with Crippen molar-refractivity contribution in [3.05, 3.63) is 53.6 Å². The van der Waals surface area contributed by atoms with E-state index in [-0.39, 0.29) is 35.7 Å². The average molecular weight is 403 g/mol. The number of benzene rings is 2. The summed E-state index contributed by atoms with van der Waals surface area (Å²) in [5.74, 6) is 0.0471. The molecule has 3 rings (SSSR count). The number of carbonyl (C=O) groups excluding carboxylic acids is 1. The number of para-hydroxylation sites is 1. The van der Waals surface area contributed by atoms with E-state index in [2.05, 4.69) is 0 Å². The summed E-state index contributed by atoms with van der Waals surface area (Å²) in [5.41, 5.74) is 2.78. The number of amides is 1. The highest BCUT2D eigenvalue weighted by Gasteiger charge is 2.34. The third-order valence-electron chi connectivity index (χ3n) is 5.08. The summed E-state index contributed by atoms with van der Waals surface area (Å²) in [6.07, 6.45) is 0.770. The molecule has 150 valence electrons. The lowest BCUT2D eigenvalue weighted by molar-refractivity contribution is -0.119. The van der Waals surface area contributed by atoms with Gasteiger partial charge in [0.2, 0.25) is 15.9 Å². The summed E-state index contributed by atoms with van der Waals surface area (Å²) in [4.78, 5) is 14.9. The first-order chi connectivity index (χ1) is 13.3. The van der Waals surface area contributed by atoms with Crippen molar-refractivity contribution in [1.29, 1.82) is 0 Å². The van der Waals surface area contributed by atoms with E-state index in [1.54, 1.807) is 30.0 Å². The molecule has 1 aliphatic heterocycles. The molecule has 0 saturated carbocycles. The molecule has 0 N–H and O–H groups in total.